The molecule has 5 nitrogen and oxygen atoms in total. The maximum atomic E-state index is 12.5. The number of carbonyl (C=O) groups is 3. The first kappa shape index (κ1) is 18.4. The van der Waals surface area contributed by atoms with Gasteiger partial charge in [-0.25, -0.2) is 0 Å². The first-order chi connectivity index (χ1) is 12.4. The summed E-state index contributed by atoms with van der Waals surface area (Å²) < 4.78 is 0. The number of hydrogen-bond donors (Lipinski definition) is 1. The minimum absolute atomic E-state index is 0.0432. The van der Waals surface area contributed by atoms with Crippen LogP contribution in [0.25, 0.3) is 0 Å². The highest BCUT2D eigenvalue weighted by Gasteiger charge is 2.36. The van der Waals surface area contributed by atoms with Gasteiger partial charge in [-0.2, -0.15) is 0 Å². The van der Waals surface area contributed by atoms with Crippen LogP contribution in [0.2, 0.25) is 10.0 Å². The molecule has 0 radical (unpaired) electrons. The number of hydrogen-bond acceptors (Lipinski definition) is 3. The maximum Gasteiger partial charge on any atom is 0.229 e. The average molecular weight is 391 g/mol. The summed E-state index contributed by atoms with van der Waals surface area (Å²) >= 11 is 12.2. The summed E-state index contributed by atoms with van der Waals surface area (Å²) in [5.41, 5.74) is 1.65. The normalized spacial score (nSPS) is 16.7. The van der Waals surface area contributed by atoms with Gasteiger partial charge in [0.15, 0.2) is 5.78 Å². The summed E-state index contributed by atoms with van der Waals surface area (Å²) in [5.74, 6) is -0.973. The number of rotatable bonds is 4. The minimum Gasteiger partial charge on any atom is -0.326 e. The molecule has 1 fully saturated rings. The van der Waals surface area contributed by atoms with Gasteiger partial charge in [0.25, 0.3) is 0 Å². The number of amides is 2. The third-order valence-electron chi connectivity index (χ3n) is 4.28. The van der Waals surface area contributed by atoms with Crippen molar-refractivity contribution in [2.45, 2.75) is 13.3 Å². The highest BCUT2D eigenvalue weighted by molar-refractivity contribution is 6.44. The number of ketones is 1. The SMILES string of the molecule is CC(=O)c1ccc(NC(=O)[C@H]2CC(=O)N(c3cccc(Cl)c3Cl)C2)cc1. The summed E-state index contributed by atoms with van der Waals surface area (Å²) in [6, 6.07) is 11.7. The fourth-order valence-corrected chi connectivity index (χ4v) is 3.25. The quantitative estimate of drug-likeness (QED) is 0.795. The zero-order valence-corrected chi connectivity index (χ0v) is 15.5. The van der Waals surface area contributed by atoms with Gasteiger partial charge in [0.05, 0.1) is 21.7 Å². The maximum absolute atomic E-state index is 12.5. The molecular weight excluding hydrogens is 375 g/mol. The Morgan fingerprint density at radius 2 is 1.81 bits per heavy atom. The van der Waals surface area contributed by atoms with Crippen molar-refractivity contribution in [3.63, 3.8) is 0 Å². The molecule has 1 aliphatic heterocycles. The van der Waals surface area contributed by atoms with Crippen LogP contribution in [0.4, 0.5) is 11.4 Å². The standard InChI is InChI=1S/C19H16Cl2N2O3/c1-11(24)12-5-7-14(8-6-12)22-19(26)13-9-17(25)23(10-13)16-4-2-3-15(20)18(16)21/h2-8,13H,9-10H2,1H3,(H,22,26)/t13-/m0/s1. The molecule has 1 saturated heterocycles. The molecule has 0 spiro atoms. The van der Waals surface area contributed by atoms with Crippen LogP contribution in [0.15, 0.2) is 42.5 Å². The molecular formula is C19H16Cl2N2O3. The van der Waals surface area contributed by atoms with E-state index in [9.17, 15) is 14.4 Å². The molecule has 2 aromatic rings. The van der Waals surface area contributed by atoms with Gasteiger partial charge in [0, 0.05) is 24.2 Å². The van der Waals surface area contributed by atoms with Gasteiger partial charge in [-0.05, 0) is 43.3 Å². The van der Waals surface area contributed by atoms with Gasteiger partial charge in [-0.3, -0.25) is 14.4 Å². The fourth-order valence-electron chi connectivity index (χ4n) is 2.85. The molecule has 2 aromatic carbocycles. The Balaban J connectivity index is 1.71. The predicted octanol–water partition coefficient (Wildman–Crippen LogP) is 4.19. The summed E-state index contributed by atoms with van der Waals surface area (Å²) in [6.07, 6.45) is 0.0974. The van der Waals surface area contributed by atoms with Crippen LogP contribution in [-0.4, -0.2) is 24.1 Å². The number of benzene rings is 2. The van der Waals surface area contributed by atoms with Gasteiger partial charge in [0.2, 0.25) is 11.8 Å². The molecule has 26 heavy (non-hydrogen) atoms. The van der Waals surface area contributed by atoms with E-state index in [0.717, 1.165) is 0 Å². The van der Waals surface area contributed by atoms with Crippen LogP contribution in [0.1, 0.15) is 23.7 Å². The van der Waals surface area contributed by atoms with Crippen LogP contribution in [0.3, 0.4) is 0 Å². The lowest BCUT2D eigenvalue weighted by Crippen LogP contribution is -2.28. The smallest absolute Gasteiger partial charge is 0.229 e. The molecule has 3 rings (SSSR count). The second kappa shape index (κ2) is 7.48. The van der Waals surface area contributed by atoms with E-state index in [1.54, 1.807) is 42.5 Å². The Morgan fingerprint density at radius 1 is 1.12 bits per heavy atom. The van der Waals surface area contributed by atoms with Crippen LogP contribution < -0.4 is 10.2 Å². The van der Waals surface area contributed by atoms with Gasteiger partial charge in [-0.1, -0.05) is 29.3 Å². The van der Waals surface area contributed by atoms with Gasteiger partial charge in [0.1, 0.15) is 0 Å². The van der Waals surface area contributed by atoms with E-state index in [2.05, 4.69) is 5.32 Å². The molecule has 0 aromatic heterocycles. The second-order valence-electron chi connectivity index (χ2n) is 6.10. The average Bonchev–Trinajstić information content (AvgIpc) is 2.99. The monoisotopic (exact) mass is 390 g/mol. The molecule has 1 N–H and O–H groups in total. The summed E-state index contributed by atoms with van der Waals surface area (Å²) in [6.45, 7) is 1.71. The van der Waals surface area contributed by atoms with E-state index in [1.807, 2.05) is 0 Å². The fraction of sp³-hybridized carbons (Fsp3) is 0.211. The Kier molecular flexibility index (Phi) is 5.30. The highest BCUT2D eigenvalue weighted by Crippen LogP contribution is 2.35. The van der Waals surface area contributed by atoms with Gasteiger partial charge < -0.3 is 10.2 Å². The third kappa shape index (κ3) is 3.74. The third-order valence-corrected chi connectivity index (χ3v) is 5.09. The number of anilines is 2. The lowest BCUT2D eigenvalue weighted by molar-refractivity contribution is -0.122. The zero-order valence-electron chi connectivity index (χ0n) is 14.0. The molecule has 0 saturated carbocycles. The van der Waals surface area contributed by atoms with Crippen LogP contribution in [0, 0.1) is 5.92 Å². The van der Waals surface area contributed by atoms with Crippen molar-refractivity contribution in [3.8, 4) is 0 Å². The summed E-state index contributed by atoms with van der Waals surface area (Å²) in [5, 5.41) is 3.43. The second-order valence-corrected chi connectivity index (χ2v) is 6.89. The van der Waals surface area contributed by atoms with Crippen molar-refractivity contribution < 1.29 is 14.4 Å². The van der Waals surface area contributed by atoms with Crippen LogP contribution in [0.5, 0.6) is 0 Å². The van der Waals surface area contributed by atoms with E-state index in [-0.39, 0.29) is 30.6 Å². The topological polar surface area (TPSA) is 66.5 Å². The van der Waals surface area contributed by atoms with Crippen molar-refractivity contribution >= 4 is 52.2 Å². The van der Waals surface area contributed by atoms with Crippen molar-refractivity contribution in [1.82, 2.24) is 0 Å². The molecule has 2 amide bonds. The van der Waals surface area contributed by atoms with E-state index in [0.29, 0.717) is 27.0 Å². The zero-order chi connectivity index (χ0) is 18.8. The lowest BCUT2D eigenvalue weighted by atomic mass is 10.1. The summed E-state index contributed by atoms with van der Waals surface area (Å²) in [7, 11) is 0. The van der Waals surface area contributed by atoms with Crippen LogP contribution in [-0.2, 0) is 9.59 Å². The first-order valence-electron chi connectivity index (χ1n) is 8.03. The molecule has 0 bridgehead atoms. The number of halogens is 2. The number of Topliss-reactive ketones (excluding diaryl/α,β-unsaturated/α-hetero) is 1. The molecule has 1 heterocycles. The molecule has 0 unspecified atom stereocenters. The first-order valence-corrected chi connectivity index (χ1v) is 8.78. The van der Waals surface area contributed by atoms with Gasteiger partial charge in [-0.15, -0.1) is 0 Å². The van der Waals surface area contributed by atoms with Crippen molar-refractivity contribution in [2.24, 2.45) is 5.92 Å². The number of carbonyl (C=O) groups excluding carboxylic acids is 3. The van der Waals surface area contributed by atoms with E-state index < -0.39 is 5.92 Å². The molecule has 1 aliphatic rings. The Labute approximate surface area is 160 Å². The van der Waals surface area contributed by atoms with Crippen LogP contribution >= 0.6 is 23.2 Å². The molecule has 7 heteroatoms. The number of nitrogens with one attached hydrogen (secondary N) is 1. The van der Waals surface area contributed by atoms with Crippen molar-refractivity contribution in [3.05, 3.63) is 58.1 Å². The molecule has 134 valence electrons. The Morgan fingerprint density at radius 3 is 2.46 bits per heavy atom. The molecule has 0 aliphatic carbocycles. The Hall–Kier alpha value is -2.37. The lowest BCUT2D eigenvalue weighted by Gasteiger charge is -2.18. The summed E-state index contributed by atoms with van der Waals surface area (Å²) in [4.78, 5) is 37.6. The Bertz CT molecular complexity index is 881. The van der Waals surface area contributed by atoms with E-state index in [4.69, 9.17) is 23.2 Å². The largest absolute Gasteiger partial charge is 0.326 e. The van der Waals surface area contributed by atoms with Gasteiger partial charge >= 0.3 is 0 Å². The highest BCUT2D eigenvalue weighted by atomic mass is 35.5. The minimum atomic E-state index is -0.495. The predicted molar refractivity (Wildman–Crippen MR) is 102 cm³/mol. The van der Waals surface area contributed by atoms with Crippen molar-refractivity contribution in [1.29, 1.82) is 0 Å². The van der Waals surface area contributed by atoms with Crippen molar-refractivity contribution in [2.75, 3.05) is 16.8 Å². The van der Waals surface area contributed by atoms with E-state index in [1.165, 1.54) is 11.8 Å². The number of nitrogens with zero attached hydrogens (tertiary/aromatic N) is 1. The molecule has 1 atom stereocenters. The van der Waals surface area contributed by atoms with E-state index >= 15 is 0 Å².